The molecule has 0 aromatic heterocycles. The third kappa shape index (κ3) is 7.85. The van der Waals surface area contributed by atoms with Crippen molar-refractivity contribution < 1.29 is 27.5 Å². The maximum Gasteiger partial charge on any atom is 0.345 e. The summed E-state index contributed by atoms with van der Waals surface area (Å²) in [5.74, 6) is -1.17. The van der Waals surface area contributed by atoms with Gasteiger partial charge in [0.25, 0.3) is 0 Å². The van der Waals surface area contributed by atoms with Crippen molar-refractivity contribution in [3.63, 3.8) is 0 Å². The molecule has 6 rings (SSSR count). The number of hydrogen-bond donors (Lipinski definition) is 2. The Morgan fingerprint density at radius 2 is 1.12 bits per heavy atom. The van der Waals surface area contributed by atoms with E-state index in [2.05, 4.69) is 10.6 Å². The molecule has 256 valence electrons. The minimum absolute atomic E-state index is 0.0183. The number of carbonyl (C=O) groups is 2. The minimum atomic E-state index is -0.877. The summed E-state index contributed by atoms with van der Waals surface area (Å²) in [4.78, 5) is 32.3. The van der Waals surface area contributed by atoms with E-state index in [-0.39, 0.29) is 17.1 Å². The Balaban J connectivity index is 1.38. The molecule has 0 bridgehead atoms. The van der Waals surface area contributed by atoms with E-state index in [0.29, 0.717) is 35.9 Å². The van der Waals surface area contributed by atoms with Crippen LogP contribution < -0.4 is 35.2 Å². The molecule has 9 nitrogen and oxygen atoms in total. The monoisotopic (exact) mass is 672 g/mol. The van der Waals surface area contributed by atoms with E-state index in [4.69, 9.17) is 4.74 Å². The summed E-state index contributed by atoms with van der Waals surface area (Å²) < 4.78 is 50.6. The number of nitrogens with zero attached hydrogens (tertiary/aromatic N) is 4. The van der Waals surface area contributed by atoms with E-state index >= 15 is 8.78 Å². The second-order valence-corrected chi connectivity index (χ2v) is 12.1. The van der Waals surface area contributed by atoms with Crippen LogP contribution in [0.4, 0.5) is 56.9 Å². The summed E-state index contributed by atoms with van der Waals surface area (Å²) in [7, 11) is 1.49. The van der Waals surface area contributed by atoms with E-state index in [0.717, 1.165) is 73.8 Å². The zero-order valence-corrected chi connectivity index (χ0v) is 27.3. The van der Waals surface area contributed by atoms with Crippen LogP contribution in [0, 0.1) is 17.5 Å². The highest BCUT2D eigenvalue weighted by atomic mass is 19.1. The molecule has 2 aliphatic rings. The molecule has 0 unspecified atom stereocenters. The maximum absolute atomic E-state index is 15.9. The van der Waals surface area contributed by atoms with Crippen molar-refractivity contribution in [2.24, 2.45) is 0 Å². The number of anilines is 6. The smallest absolute Gasteiger partial charge is 0.345 e. The molecule has 2 heterocycles. The number of piperidine rings is 2. The van der Waals surface area contributed by atoms with E-state index in [1.165, 1.54) is 31.4 Å². The summed E-state index contributed by atoms with van der Waals surface area (Å²) in [6.07, 6.45) is 5.98. The van der Waals surface area contributed by atoms with Gasteiger partial charge in [-0.3, -0.25) is 0 Å². The summed E-state index contributed by atoms with van der Waals surface area (Å²) in [5, 5.41) is 7.36. The first-order valence-corrected chi connectivity index (χ1v) is 16.5. The van der Waals surface area contributed by atoms with Gasteiger partial charge in [0.1, 0.15) is 23.2 Å². The van der Waals surface area contributed by atoms with Crippen molar-refractivity contribution in [2.75, 3.05) is 63.7 Å². The Morgan fingerprint density at radius 1 is 0.612 bits per heavy atom. The van der Waals surface area contributed by atoms with Crippen LogP contribution in [0.5, 0.6) is 5.75 Å². The van der Waals surface area contributed by atoms with Gasteiger partial charge in [0.15, 0.2) is 0 Å². The van der Waals surface area contributed by atoms with Gasteiger partial charge in [0.2, 0.25) is 0 Å². The number of amides is 4. The van der Waals surface area contributed by atoms with Crippen molar-refractivity contribution >= 4 is 46.2 Å². The average molecular weight is 673 g/mol. The van der Waals surface area contributed by atoms with Crippen molar-refractivity contribution in [1.29, 1.82) is 0 Å². The number of hydrazine groups is 1. The first-order chi connectivity index (χ1) is 23.8. The normalized spacial score (nSPS) is 14.6. The number of rotatable bonds is 7. The van der Waals surface area contributed by atoms with Gasteiger partial charge >= 0.3 is 12.1 Å². The molecule has 2 fully saturated rings. The molecule has 49 heavy (non-hydrogen) atoms. The van der Waals surface area contributed by atoms with E-state index in [1.54, 1.807) is 48.5 Å². The third-order valence-corrected chi connectivity index (χ3v) is 8.75. The highest BCUT2D eigenvalue weighted by Gasteiger charge is 2.31. The lowest BCUT2D eigenvalue weighted by molar-refractivity contribution is 0.248. The van der Waals surface area contributed by atoms with Crippen LogP contribution >= 0.6 is 0 Å². The number of halogens is 3. The molecular formula is C37H39F3N6O3. The van der Waals surface area contributed by atoms with Crippen molar-refractivity contribution in [3.05, 3.63) is 102 Å². The van der Waals surface area contributed by atoms with E-state index < -0.39 is 29.5 Å². The van der Waals surface area contributed by atoms with Gasteiger partial charge < -0.3 is 25.2 Å². The zero-order valence-electron chi connectivity index (χ0n) is 27.3. The first kappa shape index (κ1) is 33.5. The molecule has 0 radical (unpaired) electrons. The predicted molar refractivity (Wildman–Crippen MR) is 187 cm³/mol. The number of ether oxygens (including phenoxy) is 1. The number of benzene rings is 4. The molecule has 4 amide bonds. The Bertz CT molecular complexity index is 1780. The summed E-state index contributed by atoms with van der Waals surface area (Å²) in [6, 6.07) is 18.6. The zero-order chi connectivity index (χ0) is 34.3. The summed E-state index contributed by atoms with van der Waals surface area (Å²) in [6.45, 7) is 2.89. The summed E-state index contributed by atoms with van der Waals surface area (Å²) >= 11 is 0. The maximum atomic E-state index is 15.9. The molecule has 2 aliphatic heterocycles. The average Bonchev–Trinajstić information content (AvgIpc) is 3.12. The topological polar surface area (TPSA) is 80.4 Å². The van der Waals surface area contributed by atoms with Gasteiger partial charge in [-0.15, -0.1) is 0 Å². The standard InChI is InChI=1S/C37H39F3N6O3/c1-49-31-10-8-9-27(23-31)41-37(48)46(30-16-18-35(33(40)25-30)44-21-6-3-7-22-44)45(29-14-11-26(38)12-15-29)36(47)42-28-13-17-34(32(39)24-28)43-19-4-2-5-20-43/h8-18,23-25H,2-7,19-22H2,1H3,(H,41,48)(H,42,47). The van der Waals surface area contributed by atoms with Crippen molar-refractivity contribution in [2.45, 2.75) is 38.5 Å². The van der Waals surface area contributed by atoms with Crippen LogP contribution in [0.25, 0.3) is 0 Å². The minimum Gasteiger partial charge on any atom is -0.497 e. The molecule has 4 aromatic rings. The quantitative estimate of drug-likeness (QED) is 0.192. The molecule has 2 N–H and O–H groups in total. The van der Waals surface area contributed by atoms with E-state index in [1.807, 2.05) is 9.80 Å². The van der Waals surface area contributed by atoms with Gasteiger partial charge in [0.05, 0.1) is 29.9 Å². The second kappa shape index (κ2) is 15.2. The Morgan fingerprint density at radius 3 is 1.67 bits per heavy atom. The fraction of sp³-hybridized carbons (Fsp3) is 0.297. The number of hydrogen-bond acceptors (Lipinski definition) is 5. The first-order valence-electron chi connectivity index (χ1n) is 16.5. The molecule has 0 spiro atoms. The van der Waals surface area contributed by atoms with Gasteiger partial charge in [-0.1, -0.05) is 6.07 Å². The molecule has 12 heteroatoms. The molecule has 0 aliphatic carbocycles. The Labute approximate surface area is 283 Å². The Hall–Kier alpha value is -5.39. The number of nitrogens with one attached hydrogen (secondary N) is 2. The van der Waals surface area contributed by atoms with Gasteiger partial charge in [0, 0.05) is 49.7 Å². The molecule has 2 saturated heterocycles. The van der Waals surface area contributed by atoms with Crippen LogP contribution in [-0.2, 0) is 0 Å². The summed E-state index contributed by atoms with van der Waals surface area (Å²) in [5.41, 5.74) is 1.41. The van der Waals surface area contributed by atoms with Gasteiger partial charge in [-0.05, 0) is 105 Å². The van der Waals surface area contributed by atoms with Crippen LogP contribution in [0.2, 0.25) is 0 Å². The fourth-order valence-electron chi connectivity index (χ4n) is 6.28. The lowest BCUT2D eigenvalue weighted by Gasteiger charge is -2.35. The fourth-order valence-corrected chi connectivity index (χ4v) is 6.28. The highest BCUT2D eigenvalue weighted by Crippen LogP contribution is 2.32. The van der Waals surface area contributed by atoms with Crippen LogP contribution in [-0.4, -0.2) is 45.4 Å². The van der Waals surface area contributed by atoms with Crippen molar-refractivity contribution in [1.82, 2.24) is 0 Å². The number of methoxy groups -OCH3 is 1. The van der Waals surface area contributed by atoms with Crippen LogP contribution in [0.3, 0.4) is 0 Å². The lowest BCUT2D eigenvalue weighted by atomic mass is 10.1. The highest BCUT2D eigenvalue weighted by molar-refractivity contribution is 6.13. The SMILES string of the molecule is COc1cccc(NC(=O)N(c2ccc(N3CCCCC3)c(F)c2)N(C(=O)Nc2ccc(N3CCCCC3)c(F)c2)c2ccc(F)cc2)c1. The lowest BCUT2D eigenvalue weighted by Crippen LogP contribution is -2.54. The van der Waals surface area contributed by atoms with Crippen LogP contribution in [0.1, 0.15) is 38.5 Å². The molecule has 0 atom stereocenters. The third-order valence-electron chi connectivity index (χ3n) is 8.75. The van der Waals surface area contributed by atoms with Gasteiger partial charge in [-0.2, -0.15) is 10.0 Å². The van der Waals surface area contributed by atoms with Crippen LogP contribution in [0.15, 0.2) is 84.9 Å². The molecule has 4 aromatic carbocycles. The van der Waals surface area contributed by atoms with Gasteiger partial charge in [-0.25, -0.2) is 22.8 Å². The molecule has 0 saturated carbocycles. The number of urea groups is 2. The number of carbonyl (C=O) groups excluding carboxylic acids is 2. The predicted octanol–water partition coefficient (Wildman–Crippen LogP) is 8.79. The van der Waals surface area contributed by atoms with Crippen molar-refractivity contribution in [3.8, 4) is 5.75 Å². The second-order valence-electron chi connectivity index (χ2n) is 12.1. The molecular weight excluding hydrogens is 633 g/mol. The Kier molecular flexibility index (Phi) is 10.4. The largest absolute Gasteiger partial charge is 0.497 e. The van der Waals surface area contributed by atoms with E-state index in [9.17, 15) is 14.0 Å².